The summed E-state index contributed by atoms with van der Waals surface area (Å²) in [5.41, 5.74) is 4.09. The molecule has 0 bridgehead atoms. The van der Waals surface area contributed by atoms with E-state index in [0.29, 0.717) is 27.3 Å². The van der Waals surface area contributed by atoms with Gasteiger partial charge < -0.3 is 10.1 Å². The number of rotatable bonds is 5. The van der Waals surface area contributed by atoms with E-state index in [1.54, 1.807) is 7.11 Å². The molecule has 1 amide bonds. The van der Waals surface area contributed by atoms with Crippen LogP contribution in [0.25, 0.3) is 21.5 Å². The lowest BCUT2D eigenvalue weighted by molar-refractivity contribution is -0.117. The third-order valence-corrected chi connectivity index (χ3v) is 5.73. The number of nitrogens with zero attached hydrogens (tertiary/aromatic N) is 3. The van der Waals surface area contributed by atoms with Crippen molar-refractivity contribution in [1.82, 2.24) is 14.8 Å². The fourth-order valence-corrected chi connectivity index (χ4v) is 4.43. The quantitative estimate of drug-likeness (QED) is 0.511. The van der Waals surface area contributed by atoms with Gasteiger partial charge in [-0.1, -0.05) is 18.2 Å². The molecule has 0 spiro atoms. The van der Waals surface area contributed by atoms with Crippen molar-refractivity contribution in [2.75, 3.05) is 12.4 Å². The van der Waals surface area contributed by atoms with Gasteiger partial charge in [-0.25, -0.2) is 9.67 Å². The topological polar surface area (TPSA) is 86.1 Å². The zero-order valence-electron chi connectivity index (χ0n) is 17.7. The predicted molar refractivity (Wildman–Crippen MR) is 123 cm³/mol. The maximum atomic E-state index is 13.0. The molecule has 0 aliphatic rings. The van der Waals surface area contributed by atoms with Gasteiger partial charge in [0.15, 0.2) is 5.52 Å². The van der Waals surface area contributed by atoms with Crippen molar-refractivity contribution < 1.29 is 9.53 Å². The number of fused-ring (bicyclic) bond motifs is 1. The molecule has 0 radical (unpaired) electrons. The number of amides is 1. The molecule has 1 N–H and O–H groups in total. The maximum Gasteiger partial charge on any atom is 0.294 e. The van der Waals surface area contributed by atoms with Crippen molar-refractivity contribution in [3.05, 3.63) is 69.0 Å². The number of nitrogens with one attached hydrogen (secondary N) is 1. The highest BCUT2D eigenvalue weighted by Crippen LogP contribution is 2.31. The van der Waals surface area contributed by atoms with E-state index in [9.17, 15) is 9.59 Å². The van der Waals surface area contributed by atoms with Crippen LogP contribution in [0.2, 0.25) is 0 Å². The Kier molecular flexibility index (Phi) is 5.56. The van der Waals surface area contributed by atoms with Gasteiger partial charge in [-0.05, 0) is 56.2 Å². The first-order chi connectivity index (χ1) is 14.8. The predicted octanol–water partition coefficient (Wildman–Crippen LogP) is 4.09. The largest absolute Gasteiger partial charge is 0.497 e. The molecular formula is C23H22N4O3S. The zero-order valence-corrected chi connectivity index (χ0v) is 18.5. The highest BCUT2D eigenvalue weighted by Gasteiger charge is 2.18. The van der Waals surface area contributed by atoms with Crippen LogP contribution in [0.4, 0.5) is 5.69 Å². The molecule has 0 unspecified atom stereocenters. The average Bonchev–Trinajstić information content (AvgIpc) is 3.11. The van der Waals surface area contributed by atoms with Gasteiger partial charge in [-0.15, -0.1) is 11.3 Å². The van der Waals surface area contributed by atoms with E-state index in [2.05, 4.69) is 15.4 Å². The summed E-state index contributed by atoms with van der Waals surface area (Å²) in [5, 5.41) is 8.15. The molecule has 2 aromatic carbocycles. The van der Waals surface area contributed by atoms with Crippen LogP contribution in [0.15, 0.2) is 47.3 Å². The van der Waals surface area contributed by atoms with Gasteiger partial charge in [0.1, 0.15) is 18.0 Å². The number of carbonyl (C=O) groups excluding carboxylic acids is 1. The first-order valence-corrected chi connectivity index (χ1v) is 10.6. The molecule has 7 nitrogen and oxygen atoms in total. The second-order valence-corrected chi connectivity index (χ2v) is 8.58. The Morgan fingerprint density at radius 2 is 1.87 bits per heavy atom. The summed E-state index contributed by atoms with van der Waals surface area (Å²) >= 11 is 1.41. The maximum absolute atomic E-state index is 13.0. The number of aryl methyl sites for hydroxylation is 3. The number of aromatic nitrogens is 3. The van der Waals surface area contributed by atoms with Crippen molar-refractivity contribution in [3.63, 3.8) is 0 Å². The SMILES string of the molecule is COc1cccc(-c2nn(CC(=O)Nc3cc(C)cc(C)c3)c(=O)c3nc(C)sc23)c1. The summed E-state index contributed by atoms with van der Waals surface area (Å²) in [6.07, 6.45) is 0. The number of thiazole rings is 1. The highest BCUT2D eigenvalue weighted by atomic mass is 32.1. The molecule has 8 heteroatoms. The number of benzene rings is 2. The van der Waals surface area contributed by atoms with E-state index in [0.717, 1.165) is 21.7 Å². The van der Waals surface area contributed by atoms with Crippen LogP contribution < -0.4 is 15.6 Å². The standard InChI is InChI=1S/C23H22N4O3S/c1-13-8-14(2)10-17(9-13)25-19(28)12-27-23(29)21-22(31-15(3)24-21)20(26-27)16-6-5-7-18(11-16)30-4/h5-11H,12H2,1-4H3,(H,25,28). The molecule has 2 heterocycles. The van der Waals surface area contributed by atoms with Gasteiger partial charge in [0.2, 0.25) is 5.91 Å². The number of hydrogen-bond donors (Lipinski definition) is 1. The minimum Gasteiger partial charge on any atom is -0.497 e. The number of hydrogen-bond acceptors (Lipinski definition) is 6. The smallest absolute Gasteiger partial charge is 0.294 e. The van der Waals surface area contributed by atoms with E-state index in [4.69, 9.17) is 4.74 Å². The molecule has 0 saturated carbocycles. The van der Waals surface area contributed by atoms with Crippen LogP contribution >= 0.6 is 11.3 Å². The molecule has 31 heavy (non-hydrogen) atoms. The summed E-state index contributed by atoms with van der Waals surface area (Å²) in [4.78, 5) is 30.1. The Morgan fingerprint density at radius 1 is 1.13 bits per heavy atom. The number of methoxy groups -OCH3 is 1. The van der Waals surface area contributed by atoms with Crippen LogP contribution in [0.1, 0.15) is 16.1 Å². The fraction of sp³-hybridized carbons (Fsp3) is 0.217. The summed E-state index contributed by atoms with van der Waals surface area (Å²) in [6.45, 7) is 5.56. The molecule has 2 aromatic heterocycles. The Morgan fingerprint density at radius 3 is 2.58 bits per heavy atom. The molecular weight excluding hydrogens is 412 g/mol. The molecule has 0 fully saturated rings. The summed E-state index contributed by atoms with van der Waals surface area (Å²) in [5.74, 6) is 0.349. The molecule has 4 aromatic rings. The second-order valence-electron chi connectivity index (χ2n) is 7.38. The highest BCUT2D eigenvalue weighted by molar-refractivity contribution is 7.19. The van der Waals surface area contributed by atoms with Gasteiger partial charge in [-0.2, -0.15) is 5.10 Å². The molecule has 0 aliphatic heterocycles. The van der Waals surface area contributed by atoms with Crippen LogP contribution in [-0.4, -0.2) is 27.8 Å². The molecule has 4 rings (SSSR count). The van der Waals surface area contributed by atoms with E-state index in [1.807, 2.05) is 63.2 Å². The Bertz CT molecular complexity index is 1340. The van der Waals surface area contributed by atoms with Crippen LogP contribution in [-0.2, 0) is 11.3 Å². The van der Waals surface area contributed by atoms with Gasteiger partial charge in [0.05, 0.1) is 16.8 Å². The van der Waals surface area contributed by atoms with Crippen molar-refractivity contribution in [2.45, 2.75) is 27.3 Å². The second kappa shape index (κ2) is 8.31. The third-order valence-electron chi connectivity index (χ3n) is 4.75. The van der Waals surface area contributed by atoms with Gasteiger partial charge in [0, 0.05) is 11.3 Å². The summed E-state index contributed by atoms with van der Waals surface area (Å²) in [7, 11) is 1.59. The fourth-order valence-electron chi connectivity index (χ4n) is 3.52. The van der Waals surface area contributed by atoms with Crippen molar-refractivity contribution in [3.8, 4) is 17.0 Å². The minimum absolute atomic E-state index is 0.213. The average molecular weight is 435 g/mol. The van der Waals surface area contributed by atoms with Gasteiger partial charge in [-0.3, -0.25) is 9.59 Å². The van der Waals surface area contributed by atoms with E-state index < -0.39 is 0 Å². The lowest BCUT2D eigenvalue weighted by Crippen LogP contribution is -2.30. The Balaban J connectivity index is 1.74. The van der Waals surface area contributed by atoms with Gasteiger partial charge in [0.25, 0.3) is 5.56 Å². The van der Waals surface area contributed by atoms with E-state index >= 15 is 0 Å². The monoisotopic (exact) mass is 434 g/mol. The Labute approximate surface area is 183 Å². The van der Waals surface area contributed by atoms with E-state index in [-0.39, 0.29) is 18.0 Å². The normalized spacial score (nSPS) is 11.0. The first-order valence-electron chi connectivity index (χ1n) is 9.75. The zero-order chi connectivity index (χ0) is 22.1. The van der Waals surface area contributed by atoms with Crippen molar-refractivity contribution in [2.24, 2.45) is 0 Å². The molecule has 0 saturated heterocycles. The number of carbonyl (C=O) groups is 1. The summed E-state index contributed by atoms with van der Waals surface area (Å²) in [6, 6.07) is 13.2. The van der Waals surface area contributed by atoms with Crippen LogP contribution in [0.5, 0.6) is 5.75 Å². The minimum atomic E-state index is -0.387. The first kappa shape index (κ1) is 20.7. The molecule has 158 valence electrons. The van der Waals surface area contributed by atoms with Gasteiger partial charge >= 0.3 is 0 Å². The lowest BCUT2D eigenvalue weighted by Gasteiger charge is -2.11. The summed E-state index contributed by atoms with van der Waals surface area (Å²) < 4.78 is 7.20. The van der Waals surface area contributed by atoms with Crippen LogP contribution in [0, 0.1) is 20.8 Å². The van der Waals surface area contributed by atoms with Crippen molar-refractivity contribution in [1.29, 1.82) is 0 Å². The number of anilines is 1. The van der Waals surface area contributed by atoms with E-state index in [1.165, 1.54) is 16.0 Å². The lowest BCUT2D eigenvalue weighted by atomic mass is 10.1. The molecule has 0 aliphatic carbocycles. The van der Waals surface area contributed by atoms with Crippen LogP contribution in [0.3, 0.4) is 0 Å². The Hall–Kier alpha value is -3.52. The number of ether oxygens (including phenoxy) is 1. The third kappa shape index (κ3) is 4.34. The molecule has 0 atom stereocenters. The van der Waals surface area contributed by atoms with Crippen molar-refractivity contribution >= 4 is 33.1 Å².